The summed E-state index contributed by atoms with van der Waals surface area (Å²) in [6.45, 7) is 2.96. The van der Waals surface area contributed by atoms with Crippen LogP contribution in [-0.2, 0) is 9.53 Å². The van der Waals surface area contributed by atoms with Crippen LogP contribution >= 0.6 is 0 Å². The smallest absolute Gasteiger partial charge is 0.312 e. The molecule has 1 aromatic carbocycles. The highest BCUT2D eigenvalue weighted by Gasteiger charge is 2.41. The monoisotopic (exact) mass is 281 g/mol. The standard InChI is InChI=1S/C14H19NO5/c1-14(2,13(16)20-4)12(9-15(17)18)10-5-7-11(19-3)8-6-10/h5-8,12H,9H2,1-4H3. The molecule has 0 aromatic heterocycles. The molecule has 0 amide bonds. The summed E-state index contributed by atoms with van der Waals surface area (Å²) in [6.07, 6.45) is 0. The van der Waals surface area contributed by atoms with E-state index in [0.717, 1.165) is 0 Å². The van der Waals surface area contributed by atoms with Crippen molar-refractivity contribution < 1.29 is 19.2 Å². The van der Waals surface area contributed by atoms with Crippen LogP contribution in [0.2, 0.25) is 0 Å². The second kappa shape index (κ2) is 6.36. The molecule has 1 atom stereocenters. The van der Waals surface area contributed by atoms with E-state index >= 15 is 0 Å². The molecule has 110 valence electrons. The number of nitrogens with zero attached hydrogens (tertiary/aromatic N) is 1. The zero-order chi connectivity index (χ0) is 15.3. The molecule has 0 N–H and O–H groups in total. The number of ether oxygens (including phenoxy) is 2. The van der Waals surface area contributed by atoms with Gasteiger partial charge in [0.2, 0.25) is 6.54 Å². The van der Waals surface area contributed by atoms with E-state index in [9.17, 15) is 14.9 Å². The van der Waals surface area contributed by atoms with Gasteiger partial charge >= 0.3 is 5.97 Å². The third kappa shape index (κ3) is 3.46. The Morgan fingerprint density at radius 1 is 1.30 bits per heavy atom. The van der Waals surface area contributed by atoms with Crippen LogP contribution in [0.4, 0.5) is 0 Å². The van der Waals surface area contributed by atoms with E-state index in [0.29, 0.717) is 11.3 Å². The molecule has 0 fully saturated rings. The van der Waals surface area contributed by atoms with Crippen LogP contribution in [-0.4, -0.2) is 31.7 Å². The number of methoxy groups -OCH3 is 2. The number of carbonyl (C=O) groups excluding carboxylic acids is 1. The Labute approximate surface area is 117 Å². The van der Waals surface area contributed by atoms with Gasteiger partial charge in [-0.05, 0) is 31.5 Å². The minimum absolute atomic E-state index is 0.339. The van der Waals surface area contributed by atoms with Gasteiger partial charge in [-0.3, -0.25) is 14.9 Å². The topological polar surface area (TPSA) is 78.7 Å². The summed E-state index contributed by atoms with van der Waals surface area (Å²) in [5.41, 5.74) is -0.283. The van der Waals surface area contributed by atoms with Crippen LogP contribution in [0.1, 0.15) is 25.3 Å². The van der Waals surface area contributed by atoms with Gasteiger partial charge in [0.1, 0.15) is 5.75 Å². The molecule has 1 unspecified atom stereocenters. The van der Waals surface area contributed by atoms with E-state index in [-0.39, 0.29) is 6.54 Å². The van der Waals surface area contributed by atoms with Gasteiger partial charge in [0.15, 0.2) is 0 Å². The van der Waals surface area contributed by atoms with E-state index in [1.54, 1.807) is 45.2 Å². The van der Waals surface area contributed by atoms with Crippen LogP contribution in [0.5, 0.6) is 5.75 Å². The molecule has 0 saturated heterocycles. The van der Waals surface area contributed by atoms with Gasteiger partial charge in [-0.1, -0.05) is 12.1 Å². The number of benzene rings is 1. The first-order chi connectivity index (χ1) is 9.32. The third-order valence-electron chi connectivity index (χ3n) is 3.43. The molecule has 6 nitrogen and oxygen atoms in total. The summed E-state index contributed by atoms with van der Waals surface area (Å²) in [4.78, 5) is 22.4. The first kappa shape index (κ1) is 15.9. The number of nitro groups is 1. The van der Waals surface area contributed by atoms with Crippen molar-refractivity contribution in [1.29, 1.82) is 0 Å². The number of carbonyl (C=O) groups is 1. The second-order valence-corrected chi connectivity index (χ2v) is 5.05. The maximum Gasteiger partial charge on any atom is 0.312 e. The Kier molecular flexibility index (Phi) is 5.07. The molecule has 1 rings (SSSR count). The highest BCUT2D eigenvalue weighted by atomic mass is 16.6. The van der Waals surface area contributed by atoms with E-state index < -0.39 is 22.2 Å². The van der Waals surface area contributed by atoms with E-state index in [2.05, 4.69) is 0 Å². The Morgan fingerprint density at radius 2 is 1.85 bits per heavy atom. The first-order valence-electron chi connectivity index (χ1n) is 6.17. The molecule has 1 aromatic rings. The van der Waals surface area contributed by atoms with E-state index in [4.69, 9.17) is 9.47 Å². The average Bonchev–Trinajstić information content (AvgIpc) is 2.43. The van der Waals surface area contributed by atoms with Gasteiger partial charge in [-0.15, -0.1) is 0 Å². The third-order valence-corrected chi connectivity index (χ3v) is 3.43. The summed E-state index contributed by atoms with van der Waals surface area (Å²) in [7, 11) is 2.82. The van der Waals surface area contributed by atoms with Crippen molar-refractivity contribution in [2.24, 2.45) is 5.41 Å². The molecule has 0 spiro atoms. The Bertz CT molecular complexity index is 481. The van der Waals surface area contributed by atoms with Gasteiger partial charge in [-0.25, -0.2) is 0 Å². The lowest BCUT2D eigenvalue weighted by Crippen LogP contribution is -2.36. The van der Waals surface area contributed by atoms with Gasteiger partial charge in [0.05, 0.1) is 25.6 Å². The maximum atomic E-state index is 11.9. The van der Waals surface area contributed by atoms with Crippen molar-refractivity contribution in [2.45, 2.75) is 19.8 Å². The highest BCUT2D eigenvalue weighted by molar-refractivity contribution is 5.77. The van der Waals surface area contributed by atoms with Crippen LogP contribution in [0.3, 0.4) is 0 Å². The quantitative estimate of drug-likeness (QED) is 0.454. The molecule has 20 heavy (non-hydrogen) atoms. The molecule has 0 aliphatic rings. The maximum absolute atomic E-state index is 11.9. The van der Waals surface area contributed by atoms with Crippen LogP contribution in [0.25, 0.3) is 0 Å². The van der Waals surface area contributed by atoms with Crippen molar-refractivity contribution in [3.05, 3.63) is 39.9 Å². The number of hydrogen-bond donors (Lipinski definition) is 0. The number of esters is 1. The van der Waals surface area contributed by atoms with Gasteiger partial charge in [-0.2, -0.15) is 0 Å². The van der Waals surface area contributed by atoms with Crippen molar-refractivity contribution in [2.75, 3.05) is 20.8 Å². The zero-order valence-electron chi connectivity index (χ0n) is 12.1. The molecule has 0 saturated carbocycles. The molecule has 0 bridgehead atoms. The minimum Gasteiger partial charge on any atom is -0.497 e. The summed E-state index contributed by atoms with van der Waals surface area (Å²) in [6, 6.07) is 6.90. The van der Waals surface area contributed by atoms with Gasteiger partial charge in [0.25, 0.3) is 0 Å². The lowest BCUT2D eigenvalue weighted by atomic mass is 9.75. The highest BCUT2D eigenvalue weighted by Crippen LogP contribution is 2.37. The summed E-state index contributed by atoms with van der Waals surface area (Å²) < 4.78 is 9.82. The van der Waals surface area contributed by atoms with Crippen molar-refractivity contribution in [3.8, 4) is 5.75 Å². The van der Waals surface area contributed by atoms with Crippen LogP contribution in [0, 0.1) is 15.5 Å². The number of hydrogen-bond acceptors (Lipinski definition) is 5. The van der Waals surface area contributed by atoms with Crippen LogP contribution < -0.4 is 4.74 Å². The fourth-order valence-electron chi connectivity index (χ4n) is 2.14. The predicted molar refractivity (Wildman–Crippen MR) is 73.4 cm³/mol. The Hall–Kier alpha value is -2.11. The average molecular weight is 281 g/mol. The lowest BCUT2D eigenvalue weighted by Gasteiger charge is -2.29. The summed E-state index contributed by atoms with van der Waals surface area (Å²) in [5.74, 6) is -0.388. The van der Waals surface area contributed by atoms with Crippen molar-refractivity contribution in [3.63, 3.8) is 0 Å². The molecule has 0 radical (unpaired) electrons. The lowest BCUT2D eigenvalue weighted by molar-refractivity contribution is -0.485. The van der Waals surface area contributed by atoms with Crippen molar-refractivity contribution in [1.82, 2.24) is 0 Å². The van der Waals surface area contributed by atoms with Gasteiger partial charge < -0.3 is 9.47 Å². The Balaban J connectivity index is 3.16. The van der Waals surface area contributed by atoms with Crippen LogP contribution in [0.15, 0.2) is 24.3 Å². The molecule has 0 aliphatic heterocycles. The fraction of sp³-hybridized carbons (Fsp3) is 0.500. The molecular weight excluding hydrogens is 262 g/mol. The molecule has 6 heteroatoms. The summed E-state index contributed by atoms with van der Waals surface area (Å²) in [5, 5.41) is 10.9. The molecule has 0 aliphatic carbocycles. The normalized spacial score (nSPS) is 12.6. The van der Waals surface area contributed by atoms with Gasteiger partial charge in [0, 0.05) is 4.92 Å². The SMILES string of the molecule is COC(=O)C(C)(C)C(C[N+](=O)[O-])c1ccc(OC)cc1. The van der Waals surface area contributed by atoms with E-state index in [1.165, 1.54) is 7.11 Å². The van der Waals surface area contributed by atoms with Crippen molar-refractivity contribution >= 4 is 5.97 Å². The first-order valence-corrected chi connectivity index (χ1v) is 6.17. The minimum atomic E-state index is -0.990. The predicted octanol–water partition coefficient (Wildman–Crippen LogP) is 2.25. The number of rotatable bonds is 6. The molecule has 0 heterocycles. The molecular formula is C14H19NO5. The second-order valence-electron chi connectivity index (χ2n) is 5.05. The Morgan fingerprint density at radius 3 is 2.25 bits per heavy atom. The zero-order valence-corrected chi connectivity index (χ0v) is 12.1. The fourth-order valence-corrected chi connectivity index (χ4v) is 2.14. The van der Waals surface area contributed by atoms with E-state index in [1.807, 2.05) is 0 Å². The largest absolute Gasteiger partial charge is 0.497 e. The summed E-state index contributed by atoms with van der Waals surface area (Å²) >= 11 is 0.